The first-order valence-electron chi connectivity index (χ1n) is 4.91. The lowest BCUT2D eigenvalue weighted by Crippen LogP contribution is -2.02. The third kappa shape index (κ3) is 2.01. The largest absolute Gasteiger partial charge is 0.384 e. The predicted molar refractivity (Wildman–Crippen MR) is 67.4 cm³/mol. The number of nitrogens with two attached hydrogens (primary N) is 1. The summed E-state index contributed by atoms with van der Waals surface area (Å²) in [7, 11) is 0. The molecule has 0 spiro atoms. The van der Waals surface area contributed by atoms with Crippen LogP contribution in [-0.2, 0) is 6.42 Å². The number of aromatic nitrogens is 2. The zero-order valence-electron chi connectivity index (χ0n) is 8.74. The van der Waals surface area contributed by atoms with Crippen molar-refractivity contribution in [1.29, 1.82) is 0 Å². The van der Waals surface area contributed by atoms with E-state index < -0.39 is 0 Å². The van der Waals surface area contributed by atoms with Crippen molar-refractivity contribution in [3.8, 4) is 5.69 Å². The van der Waals surface area contributed by atoms with E-state index in [-0.39, 0.29) is 0 Å². The highest BCUT2D eigenvalue weighted by molar-refractivity contribution is 6.34. The number of hydrogen-bond acceptors (Lipinski definition) is 2. The molecule has 0 saturated carbocycles. The van der Waals surface area contributed by atoms with Gasteiger partial charge in [-0.2, -0.15) is 5.10 Å². The van der Waals surface area contributed by atoms with Crippen LogP contribution in [0.3, 0.4) is 0 Å². The molecule has 5 heteroatoms. The molecule has 0 saturated heterocycles. The van der Waals surface area contributed by atoms with E-state index in [1.807, 2.05) is 13.0 Å². The van der Waals surface area contributed by atoms with Crippen molar-refractivity contribution < 1.29 is 0 Å². The maximum absolute atomic E-state index is 6.08. The summed E-state index contributed by atoms with van der Waals surface area (Å²) in [5, 5.41) is 5.52. The van der Waals surface area contributed by atoms with E-state index in [0.717, 1.165) is 12.1 Å². The van der Waals surface area contributed by atoms with Crippen LogP contribution in [0.1, 0.15) is 12.6 Å². The van der Waals surface area contributed by atoms with Gasteiger partial charge in [0.05, 0.1) is 16.4 Å². The van der Waals surface area contributed by atoms with Gasteiger partial charge in [0.25, 0.3) is 0 Å². The van der Waals surface area contributed by atoms with Crippen LogP contribution >= 0.6 is 23.2 Å². The summed E-state index contributed by atoms with van der Waals surface area (Å²) in [6, 6.07) is 7.03. The first kappa shape index (κ1) is 11.3. The van der Waals surface area contributed by atoms with Gasteiger partial charge in [0, 0.05) is 11.1 Å². The molecule has 0 bridgehead atoms. The molecule has 0 amide bonds. The van der Waals surface area contributed by atoms with Crippen LogP contribution in [-0.4, -0.2) is 9.78 Å². The molecule has 1 heterocycles. The van der Waals surface area contributed by atoms with Crippen LogP contribution < -0.4 is 5.73 Å². The van der Waals surface area contributed by atoms with Gasteiger partial charge in [-0.25, -0.2) is 4.68 Å². The van der Waals surface area contributed by atoms with Crippen molar-refractivity contribution in [1.82, 2.24) is 9.78 Å². The van der Waals surface area contributed by atoms with Gasteiger partial charge in [0.2, 0.25) is 0 Å². The van der Waals surface area contributed by atoms with E-state index in [0.29, 0.717) is 21.6 Å². The van der Waals surface area contributed by atoms with Gasteiger partial charge in [-0.15, -0.1) is 0 Å². The molecule has 0 aliphatic heterocycles. The fourth-order valence-corrected chi connectivity index (χ4v) is 1.82. The molecule has 0 unspecified atom stereocenters. The number of nitrogens with zero attached hydrogens (tertiary/aromatic N) is 2. The Bertz CT molecular complexity index is 520. The zero-order valence-corrected chi connectivity index (χ0v) is 10.3. The molecule has 0 radical (unpaired) electrons. The zero-order chi connectivity index (χ0) is 11.7. The summed E-state index contributed by atoms with van der Waals surface area (Å²) in [5.41, 5.74) is 7.49. The van der Waals surface area contributed by atoms with Crippen LogP contribution in [0.4, 0.5) is 5.82 Å². The van der Waals surface area contributed by atoms with Gasteiger partial charge in [-0.1, -0.05) is 30.1 Å². The highest BCUT2D eigenvalue weighted by Gasteiger charge is 2.09. The number of nitrogen functional groups attached to an aromatic ring is 1. The van der Waals surface area contributed by atoms with Crippen LogP contribution in [0.5, 0.6) is 0 Å². The minimum absolute atomic E-state index is 0.556. The molecule has 16 heavy (non-hydrogen) atoms. The third-order valence-electron chi connectivity index (χ3n) is 2.29. The molecule has 2 N–H and O–H groups in total. The molecule has 84 valence electrons. The first-order valence-corrected chi connectivity index (χ1v) is 5.67. The van der Waals surface area contributed by atoms with E-state index >= 15 is 0 Å². The Morgan fingerprint density at radius 3 is 2.69 bits per heavy atom. The summed E-state index contributed by atoms with van der Waals surface area (Å²) >= 11 is 12.0. The molecule has 0 aliphatic carbocycles. The highest BCUT2D eigenvalue weighted by Crippen LogP contribution is 2.26. The second kappa shape index (κ2) is 4.36. The summed E-state index contributed by atoms with van der Waals surface area (Å²) < 4.78 is 1.60. The summed E-state index contributed by atoms with van der Waals surface area (Å²) in [6.45, 7) is 2.02. The minimum atomic E-state index is 0.556. The van der Waals surface area contributed by atoms with Crippen LogP contribution in [0.2, 0.25) is 10.0 Å². The minimum Gasteiger partial charge on any atom is -0.384 e. The Morgan fingerprint density at radius 1 is 1.31 bits per heavy atom. The summed E-state index contributed by atoms with van der Waals surface area (Å²) in [4.78, 5) is 0. The number of benzene rings is 1. The molecular weight excluding hydrogens is 245 g/mol. The number of hydrogen-bond donors (Lipinski definition) is 1. The Labute approximate surface area is 104 Å². The SMILES string of the molecule is CCc1cc(N)n(-c2cc(Cl)ccc2Cl)n1. The van der Waals surface area contributed by atoms with Gasteiger partial charge in [0.15, 0.2) is 0 Å². The van der Waals surface area contributed by atoms with Crippen molar-refractivity contribution >= 4 is 29.0 Å². The number of halogens is 2. The smallest absolute Gasteiger partial charge is 0.127 e. The maximum atomic E-state index is 6.08. The summed E-state index contributed by atoms with van der Waals surface area (Å²) in [6.07, 6.45) is 0.829. The van der Waals surface area contributed by atoms with Gasteiger partial charge in [-0.05, 0) is 24.6 Å². The lowest BCUT2D eigenvalue weighted by Gasteiger charge is -2.06. The third-order valence-corrected chi connectivity index (χ3v) is 2.84. The molecule has 0 aliphatic rings. The Balaban J connectivity index is 2.57. The molecular formula is C11H11Cl2N3. The maximum Gasteiger partial charge on any atom is 0.127 e. The summed E-state index contributed by atoms with van der Waals surface area (Å²) in [5.74, 6) is 0.556. The van der Waals surface area contributed by atoms with Crippen molar-refractivity contribution in [2.75, 3.05) is 5.73 Å². The van der Waals surface area contributed by atoms with Crippen molar-refractivity contribution in [2.45, 2.75) is 13.3 Å². The molecule has 0 atom stereocenters. The van der Waals surface area contributed by atoms with Gasteiger partial charge in [-0.3, -0.25) is 0 Å². The number of rotatable bonds is 2. The van der Waals surface area contributed by atoms with E-state index in [9.17, 15) is 0 Å². The average molecular weight is 256 g/mol. The van der Waals surface area contributed by atoms with Crippen LogP contribution in [0.25, 0.3) is 5.69 Å². The molecule has 2 rings (SSSR count). The lowest BCUT2D eigenvalue weighted by molar-refractivity contribution is 0.849. The normalized spacial score (nSPS) is 10.7. The van der Waals surface area contributed by atoms with E-state index in [4.69, 9.17) is 28.9 Å². The fourth-order valence-electron chi connectivity index (χ4n) is 1.46. The molecule has 0 fully saturated rings. The topological polar surface area (TPSA) is 43.8 Å². The second-order valence-corrected chi connectivity index (χ2v) is 4.27. The van der Waals surface area contributed by atoms with Gasteiger partial charge >= 0.3 is 0 Å². The molecule has 1 aromatic carbocycles. The predicted octanol–water partition coefficient (Wildman–Crippen LogP) is 3.32. The van der Waals surface area contributed by atoms with Crippen LogP contribution in [0.15, 0.2) is 24.3 Å². The van der Waals surface area contributed by atoms with Crippen molar-refractivity contribution in [2.24, 2.45) is 0 Å². The fraction of sp³-hybridized carbons (Fsp3) is 0.182. The highest BCUT2D eigenvalue weighted by atomic mass is 35.5. The Morgan fingerprint density at radius 2 is 2.06 bits per heavy atom. The Hall–Kier alpha value is -1.19. The molecule has 3 nitrogen and oxygen atoms in total. The quantitative estimate of drug-likeness (QED) is 0.895. The monoisotopic (exact) mass is 255 g/mol. The standard InChI is InChI=1S/C11H11Cl2N3/c1-2-8-6-11(14)16(15-8)10-5-7(12)3-4-9(10)13/h3-6H,2,14H2,1H3. The van der Waals surface area contributed by atoms with E-state index in [2.05, 4.69) is 5.10 Å². The van der Waals surface area contributed by atoms with E-state index in [1.54, 1.807) is 22.9 Å². The molecule has 2 aromatic rings. The van der Waals surface area contributed by atoms with Crippen molar-refractivity contribution in [3.63, 3.8) is 0 Å². The second-order valence-electron chi connectivity index (χ2n) is 3.42. The number of aryl methyl sites for hydroxylation is 1. The van der Waals surface area contributed by atoms with E-state index in [1.165, 1.54) is 0 Å². The van der Waals surface area contributed by atoms with Crippen molar-refractivity contribution in [3.05, 3.63) is 40.0 Å². The van der Waals surface area contributed by atoms with Crippen LogP contribution in [0, 0.1) is 0 Å². The lowest BCUT2D eigenvalue weighted by atomic mass is 10.3. The molecule has 1 aromatic heterocycles. The van der Waals surface area contributed by atoms with Gasteiger partial charge < -0.3 is 5.73 Å². The first-order chi connectivity index (χ1) is 7.61. The number of anilines is 1. The van der Waals surface area contributed by atoms with Gasteiger partial charge in [0.1, 0.15) is 5.82 Å². The Kier molecular flexibility index (Phi) is 3.08. The average Bonchev–Trinajstić information content (AvgIpc) is 2.63.